The van der Waals surface area contributed by atoms with Crippen LogP contribution in [0.5, 0.6) is 0 Å². The first-order valence-corrected chi connectivity index (χ1v) is 9.03. The lowest BCUT2D eigenvalue weighted by molar-refractivity contribution is -0.133. The van der Waals surface area contributed by atoms with Gasteiger partial charge in [-0.2, -0.15) is 0 Å². The summed E-state index contributed by atoms with van der Waals surface area (Å²) in [5.41, 5.74) is 2.15. The van der Waals surface area contributed by atoms with E-state index in [1.54, 1.807) is 24.2 Å². The number of nitrogens with zero attached hydrogens (tertiary/aromatic N) is 4. The smallest absolute Gasteiger partial charge is 0.253 e. The fraction of sp³-hybridized carbons (Fsp3) is 0.350. The Hall–Kier alpha value is -2.96. The molecule has 1 fully saturated rings. The first-order chi connectivity index (χ1) is 13.0. The summed E-state index contributed by atoms with van der Waals surface area (Å²) in [6, 6.07) is 8.80. The lowest BCUT2D eigenvalue weighted by Crippen LogP contribution is -2.52. The molecule has 0 saturated carbocycles. The average molecular weight is 368 g/mol. The Morgan fingerprint density at radius 2 is 1.89 bits per heavy atom. The Balaban J connectivity index is 1.48. The van der Waals surface area contributed by atoms with Crippen LogP contribution in [0.4, 0.5) is 10.1 Å². The quantitative estimate of drug-likeness (QED) is 0.810. The predicted octanol–water partition coefficient (Wildman–Crippen LogP) is 1.74. The molecule has 2 aliphatic heterocycles. The molecule has 0 N–H and O–H groups in total. The van der Waals surface area contributed by atoms with Gasteiger partial charge in [0.05, 0.1) is 24.0 Å². The lowest BCUT2D eigenvalue weighted by atomic mass is 9.88. The van der Waals surface area contributed by atoms with Gasteiger partial charge in [0.25, 0.3) is 5.91 Å². The Kier molecular flexibility index (Phi) is 4.51. The number of likely N-dealkylation sites (N-methyl/N-ethyl adjacent to an activating group) is 1. The fourth-order valence-corrected chi connectivity index (χ4v) is 3.85. The summed E-state index contributed by atoms with van der Waals surface area (Å²) in [7, 11) is 1.73. The second kappa shape index (κ2) is 6.98. The zero-order valence-corrected chi connectivity index (χ0v) is 15.1. The molecule has 3 heterocycles. The molecule has 1 saturated heterocycles. The lowest BCUT2D eigenvalue weighted by Gasteiger charge is -2.39. The molecule has 140 valence electrons. The van der Waals surface area contributed by atoms with Gasteiger partial charge in [-0.25, -0.2) is 4.39 Å². The van der Waals surface area contributed by atoms with E-state index in [9.17, 15) is 14.0 Å². The first kappa shape index (κ1) is 17.5. The zero-order valence-electron chi connectivity index (χ0n) is 15.1. The SMILES string of the molecule is CN1CC(C(=O)N2CCN(c3cncc(F)c3)CC2)c2ccccc2C1=O. The Bertz CT molecular complexity index is 880. The molecule has 2 aliphatic rings. The number of rotatable bonds is 2. The second-order valence-electron chi connectivity index (χ2n) is 7.00. The molecule has 0 spiro atoms. The maximum atomic E-state index is 13.4. The van der Waals surface area contributed by atoms with E-state index in [2.05, 4.69) is 4.98 Å². The number of piperazine rings is 1. The summed E-state index contributed by atoms with van der Waals surface area (Å²) in [6.07, 6.45) is 2.82. The van der Waals surface area contributed by atoms with Crippen LogP contribution < -0.4 is 4.90 Å². The molecule has 2 amide bonds. The van der Waals surface area contributed by atoms with Gasteiger partial charge in [-0.15, -0.1) is 0 Å². The van der Waals surface area contributed by atoms with Crippen molar-refractivity contribution in [2.24, 2.45) is 0 Å². The van der Waals surface area contributed by atoms with Crippen molar-refractivity contribution in [2.75, 3.05) is 44.7 Å². The number of carbonyl (C=O) groups is 2. The highest BCUT2D eigenvalue weighted by Gasteiger charge is 2.36. The highest BCUT2D eigenvalue weighted by molar-refractivity contribution is 6.00. The van der Waals surface area contributed by atoms with Gasteiger partial charge in [0.1, 0.15) is 5.82 Å². The van der Waals surface area contributed by atoms with Crippen LogP contribution in [0.2, 0.25) is 0 Å². The Morgan fingerprint density at radius 1 is 1.15 bits per heavy atom. The van der Waals surface area contributed by atoms with Gasteiger partial charge in [0.15, 0.2) is 0 Å². The highest BCUT2D eigenvalue weighted by Crippen LogP contribution is 2.29. The van der Waals surface area contributed by atoms with Crippen LogP contribution in [0.15, 0.2) is 42.7 Å². The molecule has 1 unspecified atom stereocenters. The standard InChI is InChI=1S/C20H21FN4O2/c1-23-13-18(16-4-2-3-5-17(16)19(23)26)20(27)25-8-6-24(7-9-25)15-10-14(21)11-22-12-15/h2-5,10-12,18H,6-9,13H2,1H3. The topological polar surface area (TPSA) is 56.8 Å². The number of benzene rings is 1. The van der Waals surface area contributed by atoms with Crippen molar-refractivity contribution < 1.29 is 14.0 Å². The molecule has 27 heavy (non-hydrogen) atoms. The number of pyridine rings is 1. The molecule has 1 atom stereocenters. The Labute approximate surface area is 157 Å². The van der Waals surface area contributed by atoms with E-state index in [-0.39, 0.29) is 23.5 Å². The van der Waals surface area contributed by atoms with Gasteiger partial charge in [-0.1, -0.05) is 18.2 Å². The third-order valence-electron chi connectivity index (χ3n) is 5.31. The van der Waals surface area contributed by atoms with Crippen LogP contribution in [0.1, 0.15) is 21.8 Å². The molecule has 1 aromatic heterocycles. The molecule has 0 bridgehead atoms. The van der Waals surface area contributed by atoms with Gasteiger partial charge in [0.2, 0.25) is 5.91 Å². The minimum absolute atomic E-state index is 0.0406. The van der Waals surface area contributed by atoms with Crippen LogP contribution in [0, 0.1) is 5.82 Å². The number of fused-ring (bicyclic) bond motifs is 1. The minimum atomic E-state index is -0.363. The van der Waals surface area contributed by atoms with E-state index in [1.807, 2.05) is 28.0 Å². The largest absolute Gasteiger partial charge is 0.367 e. The summed E-state index contributed by atoms with van der Waals surface area (Å²) in [4.78, 5) is 34.9. The van der Waals surface area contributed by atoms with Crippen molar-refractivity contribution in [3.8, 4) is 0 Å². The molecule has 4 rings (SSSR count). The van der Waals surface area contributed by atoms with E-state index in [1.165, 1.54) is 12.3 Å². The highest BCUT2D eigenvalue weighted by atomic mass is 19.1. The van der Waals surface area contributed by atoms with Gasteiger partial charge in [-0.05, 0) is 11.6 Å². The van der Waals surface area contributed by atoms with E-state index in [4.69, 9.17) is 0 Å². The third kappa shape index (κ3) is 3.25. The predicted molar refractivity (Wildman–Crippen MR) is 99.1 cm³/mol. The van der Waals surface area contributed by atoms with Crippen LogP contribution >= 0.6 is 0 Å². The molecular weight excluding hydrogens is 347 g/mol. The van der Waals surface area contributed by atoms with Crippen molar-refractivity contribution in [2.45, 2.75) is 5.92 Å². The molecule has 0 radical (unpaired) electrons. The normalized spacial score (nSPS) is 19.9. The average Bonchev–Trinajstić information content (AvgIpc) is 2.70. The third-order valence-corrected chi connectivity index (χ3v) is 5.31. The summed E-state index contributed by atoms with van der Waals surface area (Å²) in [6.45, 7) is 2.76. The van der Waals surface area contributed by atoms with Crippen molar-refractivity contribution >= 4 is 17.5 Å². The summed E-state index contributed by atoms with van der Waals surface area (Å²) in [5, 5.41) is 0. The number of amides is 2. The van der Waals surface area contributed by atoms with Gasteiger partial charge in [-0.3, -0.25) is 14.6 Å². The fourth-order valence-electron chi connectivity index (χ4n) is 3.85. The van der Waals surface area contributed by atoms with E-state index < -0.39 is 0 Å². The van der Waals surface area contributed by atoms with E-state index in [0.29, 0.717) is 38.3 Å². The Morgan fingerprint density at radius 3 is 2.63 bits per heavy atom. The molecule has 0 aliphatic carbocycles. The summed E-state index contributed by atoms with van der Waals surface area (Å²) in [5.74, 6) is -0.708. The van der Waals surface area contributed by atoms with Crippen LogP contribution in [0.25, 0.3) is 0 Å². The minimum Gasteiger partial charge on any atom is -0.367 e. The van der Waals surface area contributed by atoms with Crippen molar-refractivity contribution in [3.05, 3.63) is 59.7 Å². The van der Waals surface area contributed by atoms with E-state index >= 15 is 0 Å². The van der Waals surface area contributed by atoms with Gasteiger partial charge < -0.3 is 14.7 Å². The number of hydrogen-bond acceptors (Lipinski definition) is 4. The first-order valence-electron chi connectivity index (χ1n) is 9.03. The maximum Gasteiger partial charge on any atom is 0.253 e. The van der Waals surface area contributed by atoms with Crippen molar-refractivity contribution in [3.63, 3.8) is 0 Å². The molecular formula is C20H21FN4O2. The van der Waals surface area contributed by atoms with Crippen LogP contribution in [-0.2, 0) is 4.79 Å². The molecule has 1 aromatic carbocycles. The van der Waals surface area contributed by atoms with Gasteiger partial charge >= 0.3 is 0 Å². The molecule has 7 heteroatoms. The molecule has 2 aromatic rings. The van der Waals surface area contributed by atoms with Crippen LogP contribution in [-0.4, -0.2) is 66.4 Å². The summed E-state index contributed by atoms with van der Waals surface area (Å²) < 4.78 is 13.4. The van der Waals surface area contributed by atoms with Crippen molar-refractivity contribution in [1.29, 1.82) is 0 Å². The second-order valence-corrected chi connectivity index (χ2v) is 7.00. The van der Waals surface area contributed by atoms with Gasteiger partial charge in [0, 0.05) is 51.4 Å². The monoisotopic (exact) mass is 368 g/mol. The number of hydrogen-bond donors (Lipinski definition) is 0. The number of carbonyl (C=O) groups excluding carboxylic acids is 2. The number of anilines is 1. The van der Waals surface area contributed by atoms with Crippen molar-refractivity contribution in [1.82, 2.24) is 14.8 Å². The number of aromatic nitrogens is 1. The zero-order chi connectivity index (χ0) is 19.0. The van der Waals surface area contributed by atoms with Crippen LogP contribution in [0.3, 0.4) is 0 Å². The summed E-state index contributed by atoms with van der Waals surface area (Å²) >= 11 is 0. The van der Waals surface area contributed by atoms with E-state index in [0.717, 1.165) is 11.3 Å². The maximum absolute atomic E-state index is 13.4. The number of halogens is 1. The molecule has 6 nitrogen and oxygen atoms in total.